The average molecular weight is 373 g/mol. The number of ether oxygens (including phenoxy) is 2. The second kappa shape index (κ2) is 15.6. The van der Waals surface area contributed by atoms with E-state index in [0.717, 1.165) is 19.3 Å². The first-order chi connectivity index (χ1) is 12.7. The first-order valence-corrected chi connectivity index (χ1v) is 10.5. The number of rotatable bonds is 17. The summed E-state index contributed by atoms with van der Waals surface area (Å²) in [7, 11) is 0. The fourth-order valence-corrected chi connectivity index (χ4v) is 3.42. The highest BCUT2D eigenvalue weighted by Crippen LogP contribution is 2.20. The van der Waals surface area contributed by atoms with Crippen LogP contribution in [0.25, 0.3) is 0 Å². The molecule has 4 atom stereocenters. The highest BCUT2D eigenvalue weighted by molar-refractivity contribution is 4.88. The van der Waals surface area contributed by atoms with Crippen LogP contribution >= 0.6 is 0 Å². The van der Waals surface area contributed by atoms with Crippen LogP contribution in [0.5, 0.6) is 0 Å². The number of unbranched alkanes of at least 4 members (excludes halogenated alkanes) is 11. The Bertz CT molecular complexity index is 336. The molecular formula is C21H40O5. The summed E-state index contributed by atoms with van der Waals surface area (Å²) in [6.45, 7) is 4.22. The van der Waals surface area contributed by atoms with Gasteiger partial charge in [0, 0.05) is 6.61 Å². The van der Waals surface area contributed by atoms with Gasteiger partial charge in [0.15, 0.2) is 0 Å². The SMILES string of the molecule is C=CCCCCCCCCCCCCCO[C@@H]1CO[C@@H]([C@@H](O)CO)[C@H]1O. The van der Waals surface area contributed by atoms with Crippen LogP contribution in [0.3, 0.4) is 0 Å². The third kappa shape index (κ3) is 10.0. The highest BCUT2D eigenvalue weighted by Gasteiger charge is 2.40. The van der Waals surface area contributed by atoms with Crippen molar-refractivity contribution in [3.63, 3.8) is 0 Å². The standard InChI is InChI=1S/C21H40O5/c1-2-3-4-5-6-7-8-9-10-11-12-13-14-15-25-19-17-26-21(20(19)24)18(23)16-22/h2,18-24H,1,3-17H2/t18-,19+,20-,21-/m0/s1. The molecule has 0 aromatic rings. The van der Waals surface area contributed by atoms with E-state index in [0.29, 0.717) is 6.61 Å². The van der Waals surface area contributed by atoms with Gasteiger partial charge in [0.05, 0.1) is 13.2 Å². The lowest BCUT2D eigenvalue weighted by Crippen LogP contribution is -2.41. The zero-order chi connectivity index (χ0) is 19.0. The van der Waals surface area contributed by atoms with E-state index in [2.05, 4.69) is 6.58 Å². The zero-order valence-corrected chi connectivity index (χ0v) is 16.4. The third-order valence-electron chi connectivity index (χ3n) is 5.12. The molecule has 1 aliphatic heterocycles. The summed E-state index contributed by atoms with van der Waals surface area (Å²) in [4.78, 5) is 0. The van der Waals surface area contributed by atoms with Crippen LogP contribution in [-0.4, -0.2) is 59.6 Å². The summed E-state index contributed by atoms with van der Waals surface area (Å²) in [5, 5.41) is 28.5. The molecule has 3 N–H and O–H groups in total. The number of allylic oxidation sites excluding steroid dienone is 1. The number of aliphatic hydroxyl groups is 3. The van der Waals surface area contributed by atoms with Crippen LogP contribution in [0.4, 0.5) is 0 Å². The van der Waals surface area contributed by atoms with Gasteiger partial charge in [-0.05, 0) is 19.3 Å². The molecule has 0 unspecified atom stereocenters. The van der Waals surface area contributed by atoms with Crippen molar-refractivity contribution in [1.29, 1.82) is 0 Å². The van der Waals surface area contributed by atoms with Gasteiger partial charge in [0.25, 0.3) is 0 Å². The summed E-state index contributed by atoms with van der Waals surface area (Å²) in [6, 6.07) is 0. The van der Waals surface area contributed by atoms with E-state index in [1.165, 1.54) is 57.8 Å². The van der Waals surface area contributed by atoms with Crippen LogP contribution in [-0.2, 0) is 9.47 Å². The normalized spacial score (nSPS) is 24.0. The summed E-state index contributed by atoms with van der Waals surface area (Å²) in [5.74, 6) is 0. The smallest absolute Gasteiger partial charge is 0.114 e. The van der Waals surface area contributed by atoms with Gasteiger partial charge in [0.2, 0.25) is 0 Å². The highest BCUT2D eigenvalue weighted by atomic mass is 16.6. The minimum Gasteiger partial charge on any atom is -0.394 e. The predicted octanol–water partition coefficient (Wildman–Crippen LogP) is 3.35. The molecule has 26 heavy (non-hydrogen) atoms. The molecule has 0 spiro atoms. The minimum atomic E-state index is -1.05. The first-order valence-electron chi connectivity index (χ1n) is 10.5. The van der Waals surface area contributed by atoms with Gasteiger partial charge in [0.1, 0.15) is 24.4 Å². The Morgan fingerprint density at radius 3 is 2.04 bits per heavy atom. The van der Waals surface area contributed by atoms with Crippen LogP contribution in [0, 0.1) is 0 Å². The Morgan fingerprint density at radius 1 is 0.962 bits per heavy atom. The van der Waals surface area contributed by atoms with Crippen molar-refractivity contribution in [2.24, 2.45) is 0 Å². The lowest BCUT2D eigenvalue weighted by atomic mass is 10.1. The lowest BCUT2D eigenvalue weighted by Gasteiger charge is -2.20. The van der Waals surface area contributed by atoms with E-state index in [4.69, 9.17) is 14.6 Å². The Kier molecular flexibility index (Phi) is 14.1. The second-order valence-corrected chi connectivity index (χ2v) is 7.41. The van der Waals surface area contributed by atoms with E-state index in [1.807, 2.05) is 6.08 Å². The molecule has 1 saturated heterocycles. The van der Waals surface area contributed by atoms with E-state index in [-0.39, 0.29) is 6.61 Å². The van der Waals surface area contributed by atoms with Crippen LogP contribution < -0.4 is 0 Å². The quantitative estimate of drug-likeness (QED) is 0.269. The fourth-order valence-electron chi connectivity index (χ4n) is 3.42. The Morgan fingerprint density at radius 2 is 1.50 bits per heavy atom. The van der Waals surface area contributed by atoms with Crippen LogP contribution in [0.1, 0.15) is 77.0 Å². The summed E-state index contributed by atoms with van der Waals surface area (Å²) >= 11 is 0. The van der Waals surface area contributed by atoms with Crippen molar-refractivity contribution in [3.8, 4) is 0 Å². The number of aliphatic hydroxyl groups excluding tert-OH is 3. The van der Waals surface area contributed by atoms with E-state index < -0.39 is 31.0 Å². The minimum absolute atomic E-state index is 0.274. The van der Waals surface area contributed by atoms with Gasteiger partial charge in [-0.25, -0.2) is 0 Å². The Balaban J connectivity index is 1.85. The molecule has 0 aromatic heterocycles. The Labute approximate surface area is 159 Å². The first kappa shape index (κ1) is 23.6. The lowest BCUT2D eigenvalue weighted by molar-refractivity contribution is -0.0730. The van der Waals surface area contributed by atoms with Crippen molar-refractivity contribution in [2.75, 3.05) is 19.8 Å². The molecule has 1 rings (SSSR count). The summed E-state index contributed by atoms with van der Waals surface area (Å²) in [6.07, 6.45) is 14.1. The Hall–Kier alpha value is -0.460. The van der Waals surface area contributed by atoms with Crippen molar-refractivity contribution in [1.82, 2.24) is 0 Å². The molecule has 0 bridgehead atoms. The molecule has 0 aromatic carbocycles. The topological polar surface area (TPSA) is 79.2 Å². The van der Waals surface area contributed by atoms with Gasteiger partial charge in [-0.3, -0.25) is 0 Å². The molecule has 154 valence electrons. The van der Waals surface area contributed by atoms with Gasteiger partial charge < -0.3 is 24.8 Å². The maximum atomic E-state index is 10.0. The molecule has 0 radical (unpaired) electrons. The van der Waals surface area contributed by atoms with Gasteiger partial charge in [-0.15, -0.1) is 6.58 Å². The molecule has 0 amide bonds. The van der Waals surface area contributed by atoms with Gasteiger partial charge >= 0.3 is 0 Å². The molecule has 1 heterocycles. The summed E-state index contributed by atoms with van der Waals surface area (Å²) in [5.41, 5.74) is 0. The zero-order valence-electron chi connectivity index (χ0n) is 16.4. The second-order valence-electron chi connectivity index (χ2n) is 7.41. The maximum Gasteiger partial charge on any atom is 0.114 e. The molecular weight excluding hydrogens is 332 g/mol. The molecule has 5 nitrogen and oxygen atoms in total. The maximum absolute atomic E-state index is 10.0. The fraction of sp³-hybridized carbons (Fsp3) is 0.905. The molecule has 1 fully saturated rings. The van der Waals surface area contributed by atoms with Crippen molar-refractivity contribution in [3.05, 3.63) is 12.7 Å². The monoisotopic (exact) mass is 372 g/mol. The summed E-state index contributed by atoms with van der Waals surface area (Å²) < 4.78 is 11.0. The van der Waals surface area contributed by atoms with E-state index in [1.54, 1.807) is 0 Å². The third-order valence-corrected chi connectivity index (χ3v) is 5.12. The number of hydrogen-bond acceptors (Lipinski definition) is 5. The molecule has 1 aliphatic rings. The van der Waals surface area contributed by atoms with Crippen LogP contribution in [0.2, 0.25) is 0 Å². The van der Waals surface area contributed by atoms with Crippen LogP contribution in [0.15, 0.2) is 12.7 Å². The van der Waals surface area contributed by atoms with Crippen molar-refractivity contribution in [2.45, 2.75) is 101 Å². The predicted molar refractivity (Wildman–Crippen MR) is 104 cm³/mol. The molecule has 5 heteroatoms. The van der Waals surface area contributed by atoms with E-state index in [9.17, 15) is 10.2 Å². The van der Waals surface area contributed by atoms with Crippen molar-refractivity contribution < 1.29 is 24.8 Å². The average Bonchev–Trinajstić information content (AvgIpc) is 3.02. The molecule has 0 aliphatic carbocycles. The van der Waals surface area contributed by atoms with Gasteiger partial charge in [-0.1, -0.05) is 63.9 Å². The number of hydrogen-bond donors (Lipinski definition) is 3. The van der Waals surface area contributed by atoms with E-state index >= 15 is 0 Å². The largest absolute Gasteiger partial charge is 0.394 e. The van der Waals surface area contributed by atoms with Crippen molar-refractivity contribution >= 4 is 0 Å². The van der Waals surface area contributed by atoms with Gasteiger partial charge in [-0.2, -0.15) is 0 Å². The molecule has 0 saturated carbocycles.